The largest absolute Gasteiger partial charge is 0.464 e. The third kappa shape index (κ3) is 2.63. The van der Waals surface area contributed by atoms with Crippen molar-refractivity contribution in [1.82, 2.24) is 4.98 Å². The Balaban J connectivity index is 3.29. The summed E-state index contributed by atoms with van der Waals surface area (Å²) >= 11 is 8.50. The number of methoxy groups -OCH3 is 1. The quantitative estimate of drug-likeness (QED) is 0.787. The number of halogens is 4. The molecule has 0 saturated carbocycles. The molecule has 0 aliphatic heterocycles. The molecule has 0 radical (unpaired) electrons. The van der Waals surface area contributed by atoms with Crippen LogP contribution in [0.3, 0.4) is 0 Å². The Morgan fingerprint density at radius 2 is 2.27 bits per heavy atom. The highest BCUT2D eigenvalue weighted by Crippen LogP contribution is 2.32. The zero-order valence-electron chi connectivity index (χ0n) is 7.43. The predicted octanol–water partition coefficient (Wildman–Crippen LogP) is 3.22. The zero-order chi connectivity index (χ0) is 11.6. The number of carbonyl (C=O) groups is 1. The number of ether oxygens (including phenoxy) is 1. The molecule has 3 nitrogen and oxygen atoms in total. The molecule has 1 heterocycles. The van der Waals surface area contributed by atoms with E-state index in [1.54, 1.807) is 0 Å². The Hall–Kier alpha value is -0.750. The van der Waals surface area contributed by atoms with Crippen molar-refractivity contribution in [2.45, 2.75) is 6.43 Å². The molecule has 1 rings (SSSR count). The second-order valence-electron chi connectivity index (χ2n) is 2.48. The highest BCUT2D eigenvalue weighted by atomic mass is 79.9. The van der Waals surface area contributed by atoms with Gasteiger partial charge >= 0.3 is 5.97 Å². The highest BCUT2D eigenvalue weighted by molar-refractivity contribution is 9.10. The lowest BCUT2D eigenvalue weighted by Gasteiger charge is -2.06. The maximum atomic E-state index is 12.5. The number of carbonyl (C=O) groups excluding carboxylic acids is 1. The maximum Gasteiger partial charge on any atom is 0.356 e. The van der Waals surface area contributed by atoms with Gasteiger partial charge in [-0.15, -0.1) is 0 Å². The van der Waals surface area contributed by atoms with Crippen molar-refractivity contribution in [3.05, 3.63) is 26.9 Å². The van der Waals surface area contributed by atoms with Gasteiger partial charge in [0.2, 0.25) is 0 Å². The lowest BCUT2D eigenvalue weighted by molar-refractivity contribution is 0.0592. The van der Waals surface area contributed by atoms with Crippen molar-refractivity contribution < 1.29 is 18.3 Å². The van der Waals surface area contributed by atoms with Crippen molar-refractivity contribution in [1.29, 1.82) is 0 Å². The van der Waals surface area contributed by atoms with E-state index in [1.165, 1.54) is 0 Å². The van der Waals surface area contributed by atoms with Crippen LogP contribution in [0.1, 0.15) is 22.6 Å². The molecule has 0 atom stereocenters. The average Bonchev–Trinajstić information content (AvgIpc) is 2.20. The topological polar surface area (TPSA) is 39.2 Å². The van der Waals surface area contributed by atoms with Crippen LogP contribution in [0, 0.1) is 0 Å². The van der Waals surface area contributed by atoms with Gasteiger partial charge in [0.05, 0.1) is 16.6 Å². The van der Waals surface area contributed by atoms with E-state index in [2.05, 4.69) is 25.7 Å². The second-order valence-corrected chi connectivity index (χ2v) is 3.68. The predicted molar refractivity (Wildman–Crippen MR) is 53.2 cm³/mol. The monoisotopic (exact) mass is 299 g/mol. The number of rotatable bonds is 2. The maximum absolute atomic E-state index is 12.5. The molecule has 0 spiro atoms. The van der Waals surface area contributed by atoms with Gasteiger partial charge in [0.15, 0.2) is 0 Å². The third-order valence-electron chi connectivity index (χ3n) is 1.54. The Morgan fingerprint density at radius 1 is 1.67 bits per heavy atom. The molecule has 15 heavy (non-hydrogen) atoms. The number of esters is 1. The molecule has 0 amide bonds. The standard InChI is InChI=1S/C8H5BrClF2NO2/c1-15-8(14)4-2-3(10)5(9)6(13-4)7(11)12/h2,7H,1H3. The minimum Gasteiger partial charge on any atom is -0.464 e. The van der Waals surface area contributed by atoms with Gasteiger partial charge in [0.1, 0.15) is 11.4 Å². The fourth-order valence-electron chi connectivity index (χ4n) is 0.871. The summed E-state index contributed by atoms with van der Waals surface area (Å²) in [5.74, 6) is -0.814. The number of aromatic nitrogens is 1. The molecule has 1 aromatic heterocycles. The number of hydrogen-bond acceptors (Lipinski definition) is 3. The van der Waals surface area contributed by atoms with E-state index >= 15 is 0 Å². The molecular formula is C8H5BrClF2NO2. The van der Waals surface area contributed by atoms with E-state index in [1.807, 2.05) is 0 Å². The minimum absolute atomic E-state index is 0.0132. The Bertz CT molecular complexity index is 400. The summed E-state index contributed by atoms with van der Waals surface area (Å²) in [7, 11) is 1.13. The van der Waals surface area contributed by atoms with Crippen molar-refractivity contribution in [3.63, 3.8) is 0 Å². The minimum atomic E-state index is -2.82. The first-order chi connectivity index (χ1) is 6.97. The van der Waals surface area contributed by atoms with Crippen LogP contribution < -0.4 is 0 Å². The molecule has 0 unspecified atom stereocenters. The first-order valence-corrected chi connectivity index (χ1v) is 4.87. The summed E-state index contributed by atoms with van der Waals surface area (Å²) < 4.78 is 29.2. The van der Waals surface area contributed by atoms with Gasteiger partial charge in [-0.2, -0.15) is 0 Å². The molecule has 0 fully saturated rings. The molecule has 0 aliphatic carbocycles. The van der Waals surface area contributed by atoms with Crippen LogP contribution in [0.5, 0.6) is 0 Å². The molecule has 7 heteroatoms. The van der Waals surface area contributed by atoms with Crippen LogP contribution in [-0.2, 0) is 4.74 Å². The van der Waals surface area contributed by atoms with Crippen LogP contribution in [0.4, 0.5) is 8.78 Å². The Kier molecular flexibility index (Phi) is 3.98. The summed E-state index contributed by atoms with van der Waals surface area (Å²) in [6.07, 6.45) is -2.82. The molecular weight excluding hydrogens is 295 g/mol. The highest BCUT2D eigenvalue weighted by Gasteiger charge is 2.20. The van der Waals surface area contributed by atoms with Gasteiger partial charge in [-0.1, -0.05) is 11.6 Å². The molecule has 1 aromatic rings. The molecule has 0 saturated heterocycles. The number of nitrogens with zero attached hydrogens (tertiary/aromatic N) is 1. The number of hydrogen-bond donors (Lipinski definition) is 0. The van der Waals surface area contributed by atoms with E-state index in [0.717, 1.165) is 13.2 Å². The summed E-state index contributed by atoms with van der Waals surface area (Å²) in [5.41, 5.74) is -0.830. The first kappa shape index (κ1) is 12.3. The SMILES string of the molecule is COC(=O)c1cc(Cl)c(Br)c(C(F)F)n1. The van der Waals surface area contributed by atoms with Crippen molar-refractivity contribution >= 4 is 33.5 Å². The summed E-state index contributed by atoms with van der Waals surface area (Å²) in [6.45, 7) is 0. The van der Waals surface area contributed by atoms with Crippen LogP contribution >= 0.6 is 27.5 Å². The molecule has 0 N–H and O–H groups in total. The first-order valence-electron chi connectivity index (χ1n) is 3.69. The summed E-state index contributed by atoms with van der Waals surface area (Å²) in [6, 6.07) is 1.16. The summed E-state index contributed by atoms with van der Waals surface area (Å²) in [4.78, 5) is 14.5. The van der Waals surface area contributed by atoms with E-state index < -0.39 is 18.1 Å². The summed E-state index contributed by atoms with van der Waals surface area (Å²) in [5, 5.41) is -0.0132. The number of alkyl halides is 2. The van der Waals surface area contributed by atoms with E-state index in [4.69, 9.17) is 11.6 Å². The van der Waals surface area contributed by atoms with Gasteiger partial charge in [0, 0.05) is 0 Å². The lowest BCUT2D eigenvalue weighted by Crippen LogP contribution is -2.07. The van der Waals surface area contributed by atoms with Gasteiger partial charge < -0.3 is 4.74 Å². The van der Waals surface area contributed by atoms with Gasteiger partial charge in [0.25, 0.3) is 6.43 Å². The average molecular weight is 300 g/mol. The van der Waals surface area contributed by atoms with Crippen LogP contribution in [0.25, 0.3) is 0 Å². The zero-order valence-corrected chi connectivity index (χ0v) is 9.77. The molecule has 0 aliphatic rings. The molecule has 0 aromatic carbocycles. The molecule has 0 bridgehead atoms. The Labute approximate surface area is 97.5 Å². The van der Waals surface area contributed by atoms with Crippen LogP contribution in [0.2, 0.25) is 5.02 Å². The normalized spacial score (nSPS) is 10.5. The van der Waals surface area contributed by atoms with E-state index in [9.17, 15) is 13.6 Å². The van der Waals surface area contributed by atoms with Gasteiger partial charge in [-0.05, 0) is 22.0 Å². The van der Waals surface area contributed by atoms with E-state index in [0.29, 0.717) is 0 Å². The molecule has 82 valence electrons. The van der Waals surface area contributed by atoms with Crippen LogP contribution in [0.15, 0.2) is 10.5 Å². The number of pyridine rings is 1. The fraction of sp³-hybridized carbons (Fsp3) is 0.250. The van der Waals surface area contributed by atoms with Crippen molar-refractivity contribution in [2.75, 3.05) is 7.11 Å². The Morgan fingerprint density at radius 3 is 2.73 bits per heavy atom. The second kappa shape index (κ2) is 4.85. The van der Waals surface area contributed by atoms with Crippen LogP contribution in [-0.4, -0.2) is 18.1 Å². The van der Waals surface area contributed by atoms with Crippen molar-refractivity contribution in [2.24, 2.45) is 0 Å². The lowest BCUT2D eigenvalue weighted by atomic mass is 10.3. The smallest absolute Gasteiger partial charge is 0.356 e. The third-order valence-corrected chi connectivity index (χ3v) is 2.90. The van der Waals surface area contributed by atoms with Crippen molar-refractivity contribution in [3.8, 4) is 0 Å². The van der Waals surface area contributed by atoms with Gasteiger partial charge in [-0.25, -0.2) is 18.6 Å². The van der Waals surface area contributed by atoms with E-state index in [-0.39, 0.29) is 15.2 Å². The fourth-order valence-corrected chi connectivity index (χ4v) is 1.45. The van der Waals surface area contributed by atoms with Gasteiger partial charge in [-0.3, -0.25) is 0 Å².